The van der Waals surface area contributed by atoms with Crippen molar-refractivity contribution in [1.82, 2.24) is 5.32 Å². The highest BCUT2D eigenvalue weighted by Crippen LogP contribution is 2.22. The zero-order valence-electron chi connectivity index (χ0n) is 15.1. The molecule has 0 radical (unpaired) electrons. The molecule has 0 spiro atoms. The molecule has 0 aliphatic rings. The highest BCUT2D eigenvalue weighted by Gasteiger charge is 2.25. The summed E-state index contributed by atoms with van der Waals surface area (Å²) in [6.45, 7) is 5.58. The van der Waals surface area contributed by atoms with Crippen LogP contribution >= 0.6 is 0 Å². The lowest BCUT2D eigenvalue weighted by Gasteiger charge is -2.19. The third kappa shape index (κ3) is 5.28. The highest BCUT2D eigenvalue weighted by molar-refractivity contribution is 6.28. The van der Waals surface area contributed by atoms with E-state index in [0.717, 1.165) is 16.0 Å². The van der Waals surface area contributed by atoms with Gasteiger partial charge in [-0.05, 0) is 38.0 Å². The summed E-state index contributed by atoms with van der Waals surface area (Å²) in [7, 11) is 1.44. The fourth-order valence-corrected chi connectivity index (χ4v) is 2.27. The van der Waals surface area contributed by atoms with Gasteiger partial charge in [-0.25, -0.2) is 4.90 Å². The number of carbonyl (C=O) groups is 3. The van der Waals surface area contributed by atoms with E-state index in [4.69, 9.17) is 0 Å². The number of likely N-dealkylation sites (N-methyl/N-ethyl adjacent to an activating group) is 1. The second kappa shape index (κ2) is 10.0. The van der Waals surface area contributed by atoms with Gasteiger partial charge in [0.2, 0.25) is 6.41 Å². The Morgan fingerprint density at radius 3 is 2.48 bits per heavy atom. The van der Waals surface area contributed by atoms with Gasteiger partial charge in [-0.2, -0.15) is 0 Å². The van der Waals surface area contributed by atoms with Crippen molar-refractivity contribution in [2.24, 2.45) is 0 Å². The first-order chi connectivity index (χ1) is 12.0. The van der Waals surface area contributed by atoms with Crippen LogP contribution in [0.25, 0.3) is 0 Å². The minimum Gasteiger partial charge on any atom is -0.355 e. The zero-order chi connectivity index (χ0) is 18.8. The summed E-state index contributed by atoms with van der Waals surface area (Å²) in [5.74, 6) is -1.21. The molecule has 3 amide bonds. The smallest absolute Gasteiger partial charge is 0.270 e. The Morgan fingerprint density at radius 2 is 1.92 bits per heavy atom. The third-order valence-corrected chi connectivity index (χ3v) is 3.58. The summed E-state index contributed by atoms with van der Waals surface area (Å²) < 4.78 is 0. The van der Waals surface area contributed by atoms with Crippen molar-refractivity contribution < 1.29 is 14.4 Å². The number of nitrogens with one attached hydrogen (secondary N) is 1. The van der Waals surface area contributed by atoms with Crippen molar-refractivity contribution in [3.8, 4) is 0 Å². The van der Waals surface area contributed by atoms with Crippen molar-refractivity contribution in [3.63, 3.8) is 0 Å². The highest BCUT2D eigenvalue weighted by atomic mass is 16.2. The van der Waals surface area contributed by atoms with E-state index in [1.807, 2.05) is 38.1 Å². The van der Waals surface area contributed by atoms with E-state index in [2.05, 4.69) is 5.32 Å². The minimum atomic E-state index is -0.663. The standard InChI is InChI=1S/C20H24N2O3/c1-5-7-10-15(3)13-17(19(24)21-4)20(25)22(14-23)18-12-9-8-11-16(18)6-2/h5,7-14H,6H2,1-4H3,(H,21,24)/b7-5-,15-10+,17-13+. The lowest BCUT2D eigenvalue weighted by atomic mass is 10.1. The molecule has 0 saturated carbocycles. The average molecular weight is 340 g/mol. The summed E-state index contributed by atoms with van der Waals surface area (Å²) in [6, 6.07) is 7.13. The van der Waals surface area contributed by atoms with Gasteiger partial charge in [-0.1, -0.05) is 48.9 Å². The molecule has 0 saturated heterocycles. The normalized spacial score (nSPS) is 12.2. The van der Waals surface area contributed by atoms with Gasteiger partial charge in [0.15, 0.2) is 0 Å². The minimum absolute atomic E-state index is 0.0984. The van der Waals surface area contributed by atoms with Gasteiger partial charge in [0, 0.05) is 7.05 Å². The Bertz CT molecular complexity index is 730. The van der Waals surface area contributed by atoms with E-state index in [1.165, 1.54) is 13.1 Å². The molecule has 0 heterocycles. The molecule has 0 aliphatic carbocycles. The van der Waals surface area contributed by atoms with Crippen LogP contribution in [0.2, 0.25) is 0 Å². The summed E-state index contributed by atoms with van der Waals surface area (Å²) in [4.78, 5) is 37.6. The molecule has 1 N–H and O–H groups in total. The number of imide groups is 1. The van der Waals surface area contributed by atoms with Gasteiger partial charge < -0.3 is 5.32 Å². The van der Waals surface area contributed by atoms with Crippen LogP contribution in [0.3, 0.4) is 0 Å². The third-order valence-electron chi connectivity index (χ3n) is 3.58. The molecule has 1 aromatic rings. The van der Waals surface area contributed by atoms with E-state index in [0.29, 0.717) is 18.5 Å². The first kappa shape index (κ1) is 20.1. The number of hydrogen-bond acceptors (Lipinski definition) is 3. The lowest BCUT2D eigenvalue weighted by molar-refractivity contribution is -0.123. The van der Waals surface area contributed by atoms with Gasteiger partial charge in [-0.15, -0.1) is 0 Å². The first-order valence-corrected chi connectivity index (χ1v) is 8.10. The molecule has 0 aliphatic heterocycles. The SMILES string of the molecule is C\C=C/C=C(C)/C=C(\C(=O)NC)C(=O)N(C=O)c1ccccc1CC. The summed E-state index contributed by atoms with van der Waals surface area (Å²) in [5, 5.41) is 2.45. The number of allylic oxidation sites excluding steroid dienone is 5. The predicted molar refractivity (Wildman–Crippen MR) is 100 cm³/mol. The molecule has 5 nitrogen and oxygen atoms in total. The van der Waals surface area contributed by atoms with Crippen LogP contribution in [0.5, 0.6) is 0 Å². The topological polar surface area (TPSA) is 66.5 Å². The zero-order valence-corrected chi connectivity index (χ0v) is 15.1. The van der Waals surface area contributed by atoms with Crippen LogP contribution < -0.4 is 10.2 Å². The van der Waals surface area contributed by atoms with E-state index >= 15 is 0 Å². The van der Waals surface area contributed by atoms with Gasteiger partial charge in [0.25, 0.3) is 11.8 Å². The maximum absolute atomic E-state index is 12.9. The van der Waals surface area contributed by atoms with Crippen molar-refractivity contribution in [3.05, 3.63) is 65.3 Å². The molecule has 0 bridgehead atoms. The Hall–Kier alpha value is -2.95. The lowest BCUT2D eigenvalue weighted by Crippen LogP contribution is -2.37. The number of carbonyl (C=O) groups excluding carboxylic acids is 3. The number of benzene rings is 1. The largest absolute Gasteiger partial charge is 0.355 e. The van der Waals surface area contributed by atoms with Crippen LogP contribution in [0, 0.1) is 0 Å². The summed E-state index contributed by atoms with van der Waals surface area (Å²) >= 11 is 0. The Labute approximate surface area is 148 Å². The number of anilines is 1. The van der Waals surface area contributed by atoms with Crippen LogP contribution in [0.15, 0.2) is 59.7 Å². The summed E-state index contributed by atoms with van der Waals surface area (Å²) in [6.07, 6.45) is 8.01. The number of nitrogens with zero attached hydrogens (tertiary/aromatic N) is 1. The van der Waals surface area contributed by atoms with Crippen LogP contribution in [-0.4, -0.2) is 25.3 Å². The molecule has 25 heavy (non-hydrogen) atoms. The molecule has 0 unspecified atom stereocenters. The molecule has 0 aromatic heterocycles. The predicted octanol–water partition coefficient (Wildman–Crippen LogP) is 2.93. The molecular weight excluding hydrogens is 316 g/mol. The van der Waals surface area contributed by atoms with E-state index in [1.54, 1.807) is 25.1 Å². The Balaban J connectivity index is 3.38. The van der Waals surface area contributed by atoms with Crippen molar-refractivity contribution in [2.75, 3.05) is 11.9 Å². The van der Waals surface area contributed by atoms with E-state index in [-0.39, 0.29) is 5.57 Å². The molecule has 132 valence electrons. The second-order valence-electron chi connectivity index (χ2n) is 5.34. The van der Waals surface area contributed by atoms with Gasteiger partial charge in [-0.3, -0.25) is 14.4 Å². The van der Waals surface area contributed by atoms with Gasteiger partial charge in [0.05, 0.1) is 5.69 Å². The second-order valence-corrected chi connectivity index (χ2v) is 5.34. The van der Waals surface area contributed by atoms with Crippen molar-refractivity contribution >= 4 is 23.9 Å². The molecule has 0 atom stereocenters. The van der Waals surface area contributed by atoms with E-state index in [9.17, 15) is 14.4 Å². The quantitative estimate of drug-likeness (QED) is 0.273. The molecule has 5 heteroatoms. The Morgan fingerprint density at radius 1 is 1.24 bits per heavy atom. The van der Waals surface area contributed by atoms with Crippen LogP contribution in [-0.2, 0) is 20.8 Å². The fourth-order valence-electron chi connectivity index (χ4n) is 2.27. The maximum atomic E-state index is 12.9. The van der Waals surface area contributed by atoms with Crippen molar-refractivity contribution in [2.45, 2.75) is 27.2 Å². The first-order valence-electron chi connectivity index (χ1n) is 8.10. The molecule has 1 rings (SSSR count). The molecule has 1 aromatic carbocycles. The number of aryl methyl sites for hydroxylation is 1. The number of para-hydroxylation sites is 1. The fraction of sp³-hybridized carbons (Fsp3) is 0.250. The molecular formula is C20H24N2O3. The van der Waals surface area contributed by atoms with Gasteiger partial charge in [0.1, 0.15) is 5.57 Å². The van der Waals surface area contributed by atoms with Crippen LogP contribution in [0.4, 0.5) is 5.69 Å². The average Bonchev–Trinajstić information content (AvgIpc) is 2.64. The van der Waals surface area contributed by atoms with Crippen molar-refractivity contribution in [1.29, 1.82) is 0 Å². The number of amides is 3. The maximum Gasteiger partial charge on any atom is 0.270 e. The monoisotopic (exact) mass is 340 g/mol. The summed E-state index contributed by atoms with van der Waals surface area (Å²) in [5.41, 5.74) is 1.95. The number of hydrogen-bond donors (Lipinski definition) is 1. The van der Waals surface area contributed by atoms with E-state index < -0.39 is 11.8 Å². The number of rotatable bonds is 7. The molecule has 0 fully saturated rings. The van der Waals surface area contributed by atoms with Gasteiger partial charge >= 0.3 is 0 Å². The Kier molecular flexibility index (Phi) is 8.06. The van der Waals surface area contributed by atoms with Crippen LogP contribution in [0.1, 0.15) is 26.3 Å².